The standard InChI is InChI=1S/C15H21NO4S/c1-15(2,12-18)16(3)21(19,20)14-9-6-8-13(11-14)7-4-5-10-17/h6,8-9,11,17-18H,5,10,12H2,1-3H3. The van der Waals surface area contributed by atoms with Crippen molar-refractivity contribution in [2.75, 3.05) is 20.3 Å². The van der Waals surface area contributed by atoms with Gasteiger partial charge >= 0.3 is 0 Å². The van der Waals surface area contributed by atoms with Gasteiger partial charge in [-0.2, -0.15) is 4.31 Å². The lowest BCUT2D eigenvalue weighted by Crippen LogP contribution is -2.47. The van der Waals surface area contributed by atoms with Gasteiger partial charge in [-0.3, -0.25) is 0 Å². The van der Waals surface area contributed by atoms with E-state index in [0.29, 0.717) is 12.0 Å². The Hall–Kier alpha value is -1.39. The van der Waals surface area contributed by atoms with Gasteiger partial charge in [0, 0.05) is 19.0 Å². The van der Waals surface area contributed by atoms with Crippen LogP contribution in [0.4, 0.5) is 0 Å². The lowest BCUT2D eigenvalue weighted by molar-refractivity contribution is 0.138. The minimum atomic E-state index is -3.71. The highest BCUT2D eigenvalue weighted by atomic mass is 32.2. The van der Waals surface area contributed by atoms with E-state index in [1.54, 1.807) is 26.0 Å². The van der Waals surface area contributed by atoms with Gasteiger partial charge in [-0.1, -0.05) is 17.9 Å². The van der Waals surface area contributed by atoms with Gasteiger partial charge in [-0.25, -0.2) is 8.42 Å². The minimum Gasteiger partial charge on any atom is -0.395 e. The number of sulfonamides is 1. The fraction of sp³-hybridized carbons (Fsp3) is 0.467. The molecule has 0 aromatic heterocycles. The SMILES string of the molecule is CN(C(C)(C)CO)S(=O)(=O)c1cccc(C#CCCO)c1. The number of hydrogen-bond acceptors (Lipinski definition) is 4. The maximum atomic E-state index is 12.5. The summed E-state index contributed by atoms with van der Waals surface area (Å²) in [6.07, 6.45) is 0.342. The smallest absolute Gasteiger partial charge is 0.243 e. The monoisotopic (exact) mass is 311 g/mol. The van der Waals surface area contributed by atoms with Crippen molar-refractivity contribution in [1.82, 2.24) is 4.31 Å². The zero-order chi connectivity index (χ0) is 16.1. The van der Waals surface area contributed by atoms with Crippen LogP contribution in [0.15, 0.2) is 29.2 Å². The van der Waals surface area contributed by atoms with Gasteiger partial charge in [0.05, 0.1) is 23.6 Å². The molecular formula is C15H21NO4S. The van der Waals surface area contributed by atoms with Crippen molar-refractivity contribution in [2.24, 2.45) is 0 Å². The predicted octanol–water partition coefficient (Wildman–Crippen LogP) is 0.812. The van der Waals surface area contributed by atoms with Crippen molar-refractivity contribution in [3.05, 3.63) is 29.8 Å². The maximum Gasteiger partial charge on any atom is 0.243 e. The van der Waals surface area contributed by atoms with Gasteiger partial charge < -0.3 is 10.2 Å². The quantitative estimate of drug-likeness (QED) is 0.789. The molecule has 21 heavy (non-hydrogen) atoms. The first kappa shape index (κ1) is 17.7. The average Bonchev–Trinajstić information content (AvgIpc) is 2.47. The van der Waals surface area contributed by atoms with E-state index < -0.39 is 15.6 Å². The minimum absolute atomic E-state index is 0.0293. The summed E-state index contributed by atoms with van der Waals surface area (Å²) in [4.78, 5) is 0.127. The summed E-state index contributed by atoms with van der Waals surface area (Å²) in [7, 11) is -2.27. The molecule has 0 amide bonds. The van der Waals surface area contributed by atoms with E-state index in [2.05, 4.69) is 11.8 Å². The van der Waals surface area contributed by atoms with Crippen LogP contribution in [0.1, 0.15) is 25.8 Å². The van der Waals surface area contributed by atoms with Gasteiger partial charge in [-0.05, 0) is 32.0 Å². The van der Waals surface area contributed by atoms with Crippen molar-refractivity contribution in [3.8, 4) is 11.8 Å². The van der Waals surface area contributed by atoms with Crippen LogP contribution in [0.2, 0.25) is 0 Å². The van der Waals surface area contributed by atoms with Gasteiger partial charge in [0.25, 0.3) is 0 Å². The summed E-state index contributed by atoms with van der Waals surface area (Å²) in [6, 6.07) is 6.32. The first-order chi connectivity index (χ1) is 9.75. The highest BCUT2D eigenvalue weighted by molar-refractivity contribution is 7.89. The number of nitrogens with zero attached hydrogens (tertiary/aromatic N) is 1. The van der Waals surface area contributed by atoms with Gasteiger partial charge in [0.15, 0.2) is 0 Å². The van der Waals surface area contributed by atoms with E-state index in [1.807, 2.05) is 0 Å². The Balaban J connectivity index is 3.16. The van der Waals surface area contributed by atoms with E-state index >= 15 is 0 Å². The van der Waals surface area contributed by atoms with E-state index in [1.165, 1.54) is 19.2 Å². The molecule has 0 aliphatic heterocycles. The molecule has 0 aliphatic carbocycles. The van der Waals surface area contributed by atoms with Crippen LogP contribution >= 0.6 is 0 Å². The Bertz CT molecular complexity index is 641. The number of aliphatic hydroxyl groups is 2. The Labute approximate surface area is 126 Å². The summed E-state index contributed by atoms with van der Waals surface area (Å²) in [5, 5.41) is 18.0. The number of rotatable bonds is 5. The molecule has 6 heteroatoms. The molecule has 0 heterocycles. The fourth-order valence-corrected chi connectivity index (χ4v) is 3.09. The van der Waals surface area contributed by atoms with Crippen molar-refractivity contribution in [1.29, 1.82) is 0 Å². The zero-order valence-corrected chi connectivity index (χ0v) is 13.3. The summed E-state index contributed by atoms with van der Waals surface area (Å²) >= 11 is 0. The second-order valence-electron chi connectivity index (χ2n) is 5.25. The fourth-order valence-electron chi connectivity index (χ4n) is 1.54. The highest BCUT2D eigenvalue weighted by Crippen LogP contribution is 2.23. The van der Waals surface area contributed by atoms with Crippen molar-refractivity contribution < 1.29 is 18.6 Å². The molecule has 0 fully saturated rings. The molecule has 0 unspecified atom stereocenters. The largest absolute Gasteiger partial charge is 0.395 e. The summed E-state index contributed by atoms with van der Waals surface area (Å²) in [5.74, 6) is 5.56. The molecule has 1 rings (SSSR count). The van der Waals surface area contributed by atoms with Crippen LogP contribution in [-0.2, 0) is 10.0 Å². The summed E-state index contributed by atoms with van der Waals surface area (Å²) in [6.45, 7) is 2.99. The zero-order valence-electron chi connectivity index (χ0n) is 12.5. The molecule has 0 radical (unpaired) electrons. The Morgan fingerprint density at radius 3 is 2.52 bits per heavy atom. The molecule has 0 saturated carbocycles. The lowest BCUT2D eigenvalue weighted by atomic mass is 10.1. The van der Waals surface area contributed by atoms with Crippen molar-refractivity contribution in [2.45, 2.75) is 30.7 Å². The number of likely N-dealkylation sites (N-methyl/N-ethyl adjacent to an activating group) is 1. The van der Waals surface area contributed by atoms with Crippen molar-refractivity contribution >= 4 is 10.0 Å². The molecule has 2 N–H and O–H groups in total. The molecule has 1 aromatic carbocycles. The first-order valence-electron chi connectivity index (χ1n) is 6.55. The van der Waals surface area contributed by atoms with Crippen LogP contribution < -0.4 is 0 Å². The first-order valence-corrected chi connectivity index (χ1v) is 7.99. The molecule has 0 spiro atoms. The molecule has 0 bridgehead atoms. The average molecular weight is 311 g/mol. The third kappa shape index (κ3) is 4.29. The topological polar surface area (TPSA) is 77.8 Å². The predicted molar refractivity (Wildman–Crippen MR) is 81.1 cm³/mol. The number of hydrogen-bond donors (Lipinski definition) is 2. The molecular weight excluding hydrogens is 290 g/mol. The van der Waals surface area contributed by atoms with Crippen LogP contribution in [0.25, 0.3) is 0 Å². The van der Waals surface area contributed by atoms with Crippen molar-refractivity contribution in [3.63, 3.8) is 0 Å². The molecule has 0 atom stereocenters. The van der Waals surface area contributed by atoms with Gasteiger partial charge in [0.2, 0.25) is 10.0 Å². The van der Waals surface area contributed by atoms with Crippen LogP contribution in [0, 0.1) is 11.8 Å². The van der Waals surface area contributed by atoms with E-state index in [-0.39, 0.29) is 18.1 Å². The molecule has 116 valence electrons. The van der Waals surface area contributed by atoms with Gasteiger partial charge in [0.1, 0.15) is 0 Å². The molecule has 1 aromatic rings. The Kier molecular flexibility index (Phi) is 5.93. The van der Waals surface area contributed by atoms with E-state index in [4.69, 9.17) is 5.11 Å². The van der Waals surface area contributed by atoms with Crippen LogP contribution in [0.5, 0.6) is 0 Å². The molecule has 5 nitrogen and oxygen atoms in total. The normalized spacial score (nSPS) is 12.1. The second kappa shape index (κ2) is 7.05. The summed E-state index contributed by atoms with van der Waals surface area (Å²) < 4.78 is 26.2. The highest BCUT2D eigenvalue weighted by Gasteiger charge is 2.33. The van der Waals surface area contributed by atoms with Crippen LogP contribution in [-0.4, -0.2) is 48.7 Å². The Morgan fingerprint density at radius 2 is 1.95 bits per heavy atom. The Morgan fingerprint density at radius 1 is 1.29 bits per heavy atom. The van der Waals surface area contributed by atoms with Gasteiger partial charge in [-0.15, -0.1) is 0 Å². The third-order valence-electron chi connectivity index (χ3n) is 3.20. The molecule has 0 saturated heterocycles. The number of aliphatic hydroxyl groups excluding tert-OH is 2. The van der Waals surface area contributed by atoms with E-state index in [0.717, 1.165) is 4.31 Å². The van der Waals surface area contributed by atoms with Crippen LogP contribution in [0.3, 0.4) is 0 Å². The molecule has 0 aliphatic rings. The van der Waals surface area contributed by atoms with E-state index in [9.17, 15) is 13.5 Å². The summed E-state index contributed by atoms with van der Waals surface area (Å²) in [5.41, 5.74) is -0.322. The third-order valence-corrected chi connectivity index (χ3v) is 5.27. The maximum absolute atomic E-state index is 12.5. The lowest BCUT2D eigenvalue weighted by Gasteiger charge is -2.32. The number of benzene rings is 1. The second-order valence-corrected chi connectivity index (χ2v) is 7.22.